The largest absolute Gasteiger partial charge is 0.450 e. The number of hydrogen-bond acceptors (Lipinski definition) is 5. The molecule has 1 amide bonds. The number of hydrogen-bond donors (Lipinski definition) is 1. The van der Waals surface area contributed by atoms with Crippen molar-refractivity contribution >= 4 is 22.8 Å². The number of nitrogens with one attached hydrogen (secondary N) is 1. The maximum Gasteiger partial charge on any atom is 0.409 e. The Bertz CT molecular complexity index is 1120. The maximum atomic E-state index is 12.1. The molecule has 1 spiro atoms. The van der Waals surface area contributed by atoms with E-state index in [4.69, 9.17) is 9.72 Å². The van der Waals surface area contributed by atoms with Gasteiger partial charge >= 0.3 is 6.09 Å². The number of pyridine rings is 1. The molecular formula is C28H36N4O2. The lowest BCUT2D eigenvalue weighted by Gasteiger charge is -2.35. The predicted molar refractivity (Wildman–Crippen MR) is 135 cm³/mol. The molecule has 3 atom stereocenters. The number of ether oxygens (including phenoxy) is 1. The van der Waals surface area contributed by atoms with Crippen LogP contribution in [0.2, 0.25) is 0 Å². The van der Waals surface area contributed by atoms with Crippen molar-refractivity contribution in [3.63, 3.8) is 0 Å². The first kappa shape index (κ1) is 21.9. The van der Waals surface area contributed by atoms with Crippen LogP contribution in [0.15, 0.2) is 36.4 Å². The number of benzene rings is 1. The molecule has 6 nitrogen and oxygen atoms in total. The molecule has 1 aliphatic heterocycles. The van der Waals surface area contributed by atoms with Crippen molar-refractivity contribution in [1.82, 2.24) is 15.2 Å². The van der Waals surface area contributed by atoms with Crippen LogP contribution in [-0.2, 0) is 11.3 Å². The first-order valence-corrected chi connectivity index (χ1v) is 13.0. The number of fused-ring (bicyclic) bond motifs is 1. The van der Waals surface area contributed by atoms with Crippen LogP contribution in [-0.4, -0.2) is 55.3 Å². The predicted octanol–water partition coefficient (Wildman–Crippen LogP) is 4.51. The fourth-order valence-electron chi connectivity index (χ4n) is 6.80. The van der Waals surface area contributed by atoms with Gasteiger partial charge in [-0.2, -0.15) is 0 Å². The van der Waals surface area contributed by atoms with Crippen molar-refractivity contribution in [2.45, 2.75) is 39.7 Å². The summed E-state index contributed by atoms with van der Waals surface area (Å²) in [4.78, 5) is 21.4. The highest BCUT2D eigenvalue weighted by Crippen LogP contribution is 2.69. The molecular weight excluding hydrogens is 424 g/mol. The normalized spacial score (nSPS) is 26.6. The van der Waals surface area contributed by atoms with Gasteiger partial charge < -0.3 is 19.9 Å². The first-order chi connectivity index (χ1) is 16.6. The number of aryl methyl sites for hydroxylation is 1. The Morgan fingerprint density at radius 2 is 2.00 bits per heavy atom. The smallest absolute Gasteiger partial charge is 0.409 e. The fourth-order valence-corrected chi connectivity index (χ4v) is 6.80. The number of aromatic nitrogens is 1. The van der Waals surface area contributed by atoms with Gasteiger partial charge in [0.15, 0.2) is 0 Å². The van der Waals surface area contributed by atoms with Crippen LogP contribution >= 0.6 is 0 Å². The molecule has 3 fully saturated rings. The molecule has 2 heterocycles. The maximum absolute atomic E-state index is 12.1. The van der Waals surface area contributed by atoms with Crippen molar-refractivity contribution < 1.29 is 9.53 Å². The van der Waals surface area contributed by atoms with E-state index in [-0.39, 0.29) is 6.09 Å². The Morgan fingerprint density at radius 1 is 1.18 bits per heavy atom. The van der Waals surface area contributed by atoms with E-state index in [0.717, 1.165) is 55.3 Å². The molecule has 0 radical (unpaired) electrons. The first-order valence-electron chi connectivity index (χ1n) is 13.0. The summed E-state index contributed by atoms with van der Waals surface area (Å²) < 4.78 is 5.19. The monoisotopic (exact) mass is 460 g/mol. The van der Waals surface area contributed by atoms with Crippen LogP contribution in [0, 0.1) is 30.1 Å². The average Bonchev–Trinajstić information content (AvgIpc) is 3.51. The van der Waals surface area contributed by atoms with Crippen LogP contribution in [0.3, 0.4) is 0 Å². The zero-order valence-electron chi connectivity index (χ0n) is 20.4. The molecule has 2 saturated carbocycles. The molecule has 3 aliphatic carbocycles. The molecule has 1 aromatic heterocycles. The summed E-state index contributed by atoms with van der Waals surface area (Å²) in [5.41, 5.74) is 4.19. The molecule has 0 unspecified atom stereocenters. The topological polar surface area (TPSA) is 57.7 Å². The lowest BCUT2D eigenvalue weighted by Crippen LogP contribution is -2.49. The Hall–Kier alpha value is -2.60. The van der Waals surface area contributed by atoms with Gasteiger partial charge in [0.05, 0.1) is 12.1 Å². The molecule has 1 saturated heterocycles. The molecule has 6 heteroatoms. The number of nitrogens with zero attached hydrogens (tertiary/aromatic N) is 3. The van der Waals surface area contributed by atoms with E-state index < -0.39 is 0 Å². The van der Waals surface area contributed by atoms with Crippen molar-refractivity contribution in [3.05, 3.63) is 47.5 Å². The standard InChI is InChI=1S/C28H36N4O2/c1-3-34-27(33)32-12-10-31(11-13-32)26-22(15-20-14-19(2)4-7-25(20)30-26)18-29-17-21-16-23-5-6-24(21)28(23)8-9-28/h4-7,14-15,21,23-24,29H,3,8-13,16-18H2,1-2H3/t21-,23-,24+/m1/s1. The van der Waals surface area contributed by atoms with Gasteiger partial charge in [-0.25, -0.2) is 9.78 Å². The summed E-state index contributed by atoms with van der Waals surface area (Å²) in [5, 5.41) is 5.01. The summed E-state index contributed by atoms with van der Waals surface area (Å²) >= 11 is 0. The minimum Gasteiger partial charge on any atom is -0.450 e. The number of allylic oxidation sites excluding steroid dienone is 2. The third-order valence-electron chi connectivity index (χ3n) is 8.70. The fraction of sp³-hybridized carbons (Fsp3) is 0.571. The summed E-state index contributed by atoms with van der Waals surface area (Å²) in [5.74, 6) is 3.45. The Kier molecular flexibility index (Phi) is 5.51. The van der Waals surface area contributed by atoms with Crippen molar-refractivity contribution in [3.8, 4) is 0 Å². The van der Waals surface area contributed by atoms with E-state index in [1.54, 1.807) is 4.90 Å². The summed E-state index contributed by atoms with van der Waals surface area (Å²) in [6.45, 7) is 9.19. The average molecular weight is 461 g/mol. The molecule has 2 bridgehead atoms. The van der Waals surface area contributed by atoms with E-state index in [2.05, 4.69) is 53.6 Å². The van der Waals surface area contributed by atoms with Gasteiger partial charge in [-0.05, 0) is 81.0 Å². The molecule has 180 valence electrons. The second kappa shape index (κ2) is 8.56. The van der Waals surface area contributed by atoms with Crippen LogP contribution in [0.4, 0.5) is 10.6 Å². The number of piperazine rings is 1. The highest BCUT2D eigenvalue weighted by molar-refractivity contribution is 5.82. The van der Waals surface area contributed by atoms with Crippen LogP contribution in [0.1, 0.15) is 37.3 Å². The third-order valence-corrected chi connectivity index (χ3v) is 8.70. The van der Waals surface area contributed by atoms with Crippen molar-refractivity contribution in [1.29, 1.82) is 0 Å². The number of rotatable bonds is 6. The van der Waals surface area contributed by atoms with Gasteiger partial charge in [-0.3, -0.25) is 0 Å². The molecule has 6 rings (SSSR count). The highest BCUT2D eigenvalue weighted by Gasteiger charge is 2.62. The minimum atomic E-state index is -0.209. The molecule has 1 aromatic carbocycles. The van der Waals surface area contributed by atoms with Gasteiger partial charge in [0, 0.05) is 43.7 Å². The van der Waals surface area contributed by atoms with Crippen molar-refractivity contribution in [2.75, 3.05) is 44.2 Å². The number of carbonyl (C=O) groups excluding carboxylic acids is 1. The summed E-state index contributed by atoms with van der Waals surface area (Å²) in [7, 11) is 0. The number of carbonyl (C=O) groups is 1. The van der Waals surface area contributed by atoms with Gasteiger partial charge in [-0.1, -0.05) is 23.8 Å². The summed E-state index contributed by atoms with van der Waals surface area (Å²) in [6, 6.07) is 8.80. The molecule has 2 aromatic rings. The van der Waals surface area contributed by atoms with E-state index in [1.807, 2.05) is 6.92 Å². The Morgan fingerprint density at radius 3 is 2.74 bits per heavy atom. The zero-order chi connectivity index (χ0) is 23.3. The van der Waals surface area contributed by atoms with Gasteiger partial charge in [0.25, 0.3) is 0 Å². The molecule has 4 aliphatic rings. The van der Waals surface area contributed by atoms with Gasteiger partial charge in [-0.15, -0.1) is 0 Å². The quantitative estimate of drug-likeness (QED) is 0.643. The number of amides is 1. The van der Waals surface area contributed by atoms with E-state index in [0.29, 0.717) is 25.1 Å². The Balaban J connectivity index is 1.18. The van der Waals surface area contributed by atoms with Crippen LogP contribution < -0.4 is 10.2 Å². The van der Waals surface area contributed by atoms with E-state index in [1.165, 1.54) is 35.8 Å². The lowest BCUT2D eigenvalue weighted by atomic mass is 9.89. The SMILES string of the molecule is CCOC(=O)N1CCN(c2nc3ccc(C)cc3cc2CNC[C@H]2C[C@H]3C=C[C@@H]2C32CC2)CC1. The lowest BCUT2D eigenvalue weighted by molar-refractivity contribution is 0.105. The molecule has 1 N–H and O–H groups in total. The highest BCUT2D eigenvalue weighted by atomic mass is 16.6. The van der Waals surface area contributed by atoms with Gasteiger partial charge in [0.1, 0.15) is 5.82 Å². The summed E-state index contributed by atoms with van der Waals surface area (Å²) in [6.07, 6.45) is 9.02. The second-order valence-electron chi connectivity index (χ2n) is 10.7. The minimum absolute atomic E-state index is 0.209. The van der Waals surface area contributed by atoms with Gasteiger partial charge in [0.2, 0.25) is 0 Å². The third kappa shape index (κ3) is 3.76. The van der Waals surface area contributed by atoms with Crippen LogP contribution in [0.5, 0.6) is 0 Å². The van der Waals surface area contributed by atoms with Crippen molar-refractivity contribution in [2.24, 2.45) is 23.2 Å². The molecule has 34 heavy (non-hydrogen) atoms. The van der Waals surface area contributed by atoms with Crippen LogP contribution in [0.25, 0.3) is 10.9 Å². The second-order valence-corrected chi connectivity index (χ2v) is 10.7. The zero-order valence-corrected chi connectivity index (χ0v) is 20.4. The van der Waals surface area contributed by atoms with E-state index >= 15 is 0 Å². The number of anilines is 1. The Labute approximate surface area is 202 Å². The van der Waals surface area contributed by atoms with E-state index in [9.17, 15) is 4.79 Å².